The summed E-state index contributed by atoms with van der Waals surface area (Å²) in [5, 5.41) is 6.14. The molecule has 0 fully saturated rings. The lowest BCUT2D eigenvalue weighted by atomic mass is 10.1. The monoisotopic (exact) mass is 829 g/mol. The molecule has 0 aromatic carbocycles. The number of nitrogens with zero attached hydrogens (tertiary/aromatic N) is 2. The second-order valence-corrected chi connectivity index (χ2v) is 39.9. The third kappa shape index (κ3) is 13.2. The maximum atomic E-state index is 13.0. The summed E-state index contributed by atoms with van der Waals surface area (Å²) < 4.78 is 40.6. The van der Waals surface area contributed by atoms with E-state index in [4.69, 9.17) is 27.2 Å². The molecule has 0 saturated carbocycles. The van der Waals surface area contributed by atoms with Gasteiger partial charge in [0.1, 0.15) is 5.69 Å². The largest absolute Gasteiger partial charge is 0.479 e. The molecule has 0 bridgehead atoms. The lowest BCUT2D eigenvalue weighted by Gasteiger charge is -2.49. The molecule has 0 aliphatic rings. The highest BCUT2D eigenvalue weighted by molar-refractivity contribution is 6.75. The average molecular weight is 829 g/mol. The topological polar surface area (TPSA) is 122 Å². The van der Waals surface area contributed by atoms with E-state index >= 15 is 0 Å². The van der Waals surface area contributed by atoms with E-state index in [1.54, 1.807) is 6.92 Å². The number of carbonyl (C=O) groups is 1. The molecule has 0 aliphatic heterocycles. The normalized spacial score (nSPS) is 15.7. The minimum absolute atomic E-state index is 0.00133. The van der Waals surface area contributed by atoms with E-state index in [2.05, 4.69) is 163 Å². The van der Waals surface area contributed by atoms with Crippen molar-refractivity contribution in [3.63, 3.8) is 0 Å². The van der Waals surface area contributed by atoms with Gasteiger partial charge < -0.3 is 37.8 Å². The lowest BCUT2D eigenvalue weighted by Crippen LogP contribution is -2.61. The molecule has 0 spiro atoms. The van der Waals surface area contributed by atoms with Crippen molar-refractivity contribution in [2.24, 2.45) is 0 Å². The maximum Gasteiger partial charge on any atom is 0.321 e. The molecule has 54 heavy (non-hydrogen) atoms. The molecule has 0 aliphatic carbocycles. The Balaban J connectivity index is 4.22. The minimum Gasteiger partial charge on any atom is -0.479 e. The van der Waals surface area contributed by atoms with E-state index < -0.39 is 51.6 Å². The van der Waals surface area contributed by atoms with Gasteiger partial charge in [0, 0.05) is 12.1 Å². The molecule has 3 atom stereocenters. The molecule has 0 unspecified atom stereocenters. The highest BCUT2D eigenvalue weighted by Gasteiger charge is 2.50. The summed E-state index contributed by atoms with van der Waals surface area (Å²) in [6.45, 7) is 51.3. The molecule has 1 aromatic heterocycles. The summed E-state index contributed by atoms with van der Waals surface area (Å²) in [7, 11) is -6.55. The fourth-order valence-electron chi connectivity index (χ4n) is 4.26. The summed E-state index contributed by atoms with van der Waals surface area (Å²) in [6, 6.07) is 0.0838. The Labute approximate surface area is 334 Å². The van der Waals surface area contributed by atoms with Crippen LogP contribution >= 0.6 is 0 Å². The Morgan fingerprint density at radius 2 is 1.09 bits per heavy atom. The van der Waals surface area contributed by atoms with Gasteiger partial charge in [0.15, 0.2) is 39.1 Å². The predicted octanol–water partition coefficient (Wildman–Crippen LogP) is 10.6. The molecule has 2 N–H and O–H groups in total. The van der Waals surface area contributed by atoms with Gasteiger partial charge in [-0.3, -0.25) is 4.79 Å². The van der Waals surface area contributed by atoms with Crippen molar-refractivity contribution < 1.29 is 32.0 Å². The highest BCUT2D eigenvalue weighted by atomic mass is 28.4. The van der Waals surface area contributed by atoms with Gasteiger partial charge in [-0.2, -0.15) is 9.97 Å². The number of amides is 1. The zero-order chi connectivity index (χ0) is 42.7. The van der Waals surface area contributed by atoms with Crippen LogP contribution in [0.2, 0.25) is 72.5 Å². The van der Waals surface area contributed by atoms with E-state index in [1.807, 2.05) is 0 Å². The van der Waals surface area contributed by atoms with Gasteiger partial charge in [-0.25, -0.2) is 0 Å². The van der Waals surface area contributed by atoms with Crippen LogP contribution in [0.4, 0.5) is 11.5 Å². The van der Waals surface area contributed by atoms with Gasteiger partial charge in [0.05, 0.1) is 39.1 Å². The second-order valence-electron chi connectivity index (χ2n) is 20.8. The standard InChI is InChI=1S/C39H80N4O7Si4/c1-27(2)33(44)41-30-32(42-35(46-16)43-34(30)45-15)40-25-28(48-52(19,20)37(6,7)8)31(50-54(23,24)39(12,13)14)29(49-53(21,22)38(9,10)11)26-47-51(17,18)36(3,4)5/h28-29,31H,1,25-26H2,2-24H3,(H,41,44)(H,40,42,43)/t28-,29+,31-/m0/s1. The Morgan fingerprint density at radius 1 is 0.667 bits per heavy atom. The SMILES string of the molecule is C=C(C)C(=O)Nc1c(NC[C@H](O[Si](C)(C)C(C)(C)C)[C@H](O[Si](C)(C)C(C)(C)C)[C@@H](CO[Si](C)(C)C(C)(C)C)O[Si](C)(C)C(C)(C)C)nc(OC)nc1OC. The van der Waals surface area contributed by atoms with Crippen molar-refractivity contribution in [2.75, 3.05) is 38.0 Å². The second kappa shape index (κ2) is 17.9. The third-order valence-electron chi connectivity index (χ3n) is 12.2. The van der Waals surface area contributed by atoms with Crippen LogP contribution < -0.4 is 20.1 Å². The number of hydrogen-bond donors (Lipinski definition) is 2. The molecule has 0 saturated heterocycles. The van der Waals surface area contributed by atoms with Crippen molar-refractivity contribution in [2.45, 2.75) is 181 Å². The van der Waals surface area contributed by atoms with E-state index in [0.29, 0.717) is 18.0 Å². The highest BCUT2D eigenvalue weighted by Crippen LogP contribution is 2.44. The Bertz CT molecular complexity index is 1430. The van der Waals surface area contributed by atoms with E-state index in [1.165, 1.54) is 14.2 Å². The number of nitrogens with one attached hydrogen (secondary N) is 2. The number of anilines is 2. The van der Waals surface area contributed by atoms with Gasteiger partial charge in [-0.05, 0) is 79.5 Å². The average Bonchev–Trinajstić information content (AvgIpc) is 2.98. The van der Waals surface area contributed by atoms with E-state index in [9.17, 15) is 4.79 Å². The number of carbonyl (C=O) groups excluding carboxylic acids is 1. The molecular weight excluding hydrogens is 749 g/mol. The quantitative estimate of drug-likeness (QED) is 0.109. The van der Waals surface area contributed by atoms with Gasteiger partial charge in [0.25, 0.3) is 5.91 Å². The Kier molecular flexibility index (Phi) is 16.7. The fraction of sp³-hybridized carbons (Fsp3) is 0.821. The van der Waals surface area contributed by atoms with Crippen LogP contribution in [0.25, 0.3) is 0 Å². The Morgan fingerprint density at radius 3 is 1.48 bits per heavy atom. The number of ether oxygens (including phenoxy) is 2. The lowest BCUT2D eigenvalue weighted by molar-refractivity contribution is -0.112. The number of rotatable bonds is 18. The zero-order valence-corrected chi connectivity index (χ0v) is 42.6. The molecular formula is C39H80N4O7Si4. The zero-order valence-electron chi connectivity index (χ0n) is 38.6. The molecule has 1 amide bonds. The van der Waals surface area contributed by atoms with Crippen LogP contribution in [0.5, 0.6) is 11.9 Å². The summed E-state index contributed by atoms with van der Waals surface area (Å²) >= 11 is 0. The first-order valence-electron chi connectivity index (χ1n) is 19.3. The van der Waals surface area contributed by atoms with E-state index in [0.717, 1.165) is 0 Å². The van der Waals surface area contributed by atoms with Crippen LogP contribution in [-0.2, 0) is 22.5 Å². The van der Waals surface area contributed by atoms with Crippen molar-refractivity contribution in [1.29, 1.82) is 0 Å². The van der Waals surface area contributed by atoms with Crippen molar-refractivity contribution in [3.05, 3.63) is 12.2 Å². The molecule has 1 aromatic rings. The predicted molar refractivity (Wildman–Crippen MR) is 236 cm³/mol. The number of methoxy groups -OCH3 is 2. The summed E-state index contributed by atoms with van der Waals surface area (Å²) in [5.41, 5.74) is 0.600. The van der Waals surface area contributed by atoms with Crippen LogP contribution in [-0.4, -0.2) is 94.8 Å². The smallest absolute Gasteiger partial charge is 0.321 e. The Hall–Kier alpha value is -1.60. The molecule has 15 heteroatoms. The van der Waals surface area contributed by atoms with Gasteiger partial charge >= 0.3 is 6.01 Å². The maximum absolute atomic E-state index is 13.0. The van der Waals surface area contributed by atoms with Crippen LogP contribution in [0.1, 0.15) is 90.0 Å². The van der Waals surface area contributed by atoms with Gasteiger partial charge in [-0.1, -0.05) is 89.7 Å². The first kappa shape index (κ1) is 50.4. The van der Waals surface area contributed by atoms with E-state index in [-0.39, 0.29) is 50.2 Å². The van der Waals surface area contributed by atoms with Crippen molar-refractivity contribution in [1.82, 2.24) is 9.97 Å². The first-order chi connectivity index (χ1) is 23.9. The molecule has 314 valence electrons. The van der Waals surface area contributed by atoms with Gasteiger partial charge in [-0.15, -0.1) is 0 Å². The van der Waals surface area contributed by atoms with Gasteiger partial charge in [0.2, 0.25) is 5.88 Å². The molecule has 1 heterocycles. The third-order valence-corrected chi connectivity index (χ3v) is 30.2. The molecule has 0 radical (unpaired) electrons. The summed E-state index contributed by atoms with van der Waals surface area (Å²) in [5.74, 6) is 0.0864. The van der Waals surface area contributed by atoms with Crippen molar-refractivity contribution >= 4 is 50.7 Å². The fourth-order valence-corrected chi connectivity index (χ4v) is 9.26. The van der Waals surface area contributed by atoms with Crippen LogP contribution in [0.15, 0.2) is 12.2 Å². The van der Waals surface area contributed by atoms with Crippen LogP contribution in [0, 0.1) is 0 Å². The molecule has 1 rings (SSSR count). The molecule has 11 nitrogen and oxygen atoms in total. The van der Waals surface area contributed by atoms with Crippen molar-refractivity contribution in [3.8, 4) is 11.9 Å². The number of aromatic nitrogens is 2. The summed E-state index contributed by atoms with van der Waals surface area (Å²) in [6.07, 6.45) is -1.48. The first-order valence-corrected chi connectivity index (χ1v) is 31.0. The summed E-state index contributed by atoms with van der Waals surface area (Å²) in [4.78, 5) is 22.0. The van der Waals surface area contributed by atoms with Crippen LogP contribution in [0.3, 0.4) is 0 Å². The number of hydrogen-bond acceptors (Lipinski definition) is 10. The minimum atomic E-state index is -2.46.